The van der Waals surface area contributed by atoms with Gasteiger partial charge in [-0.2, -0.15) is 0 Å². The monoisotopic (exact) mass is 210 g/mol. The molecular formula is C7H14O7. The average molecular weight is 210 g/mol. The largest absolute Gasteiger partial charge is 0.394 e. The summed E-state index contributed by atoms with van der Waals surface area (Å²) >= 11 is 0. The van der Waals surface area contributed by atoms with Gasteiger partial charge in [0.1, 0.15) is 18.3 Å². The van der Waals surface area contributed by atoms with Crippen LogP contribution in [0.25, 0.3) is 0 Å². The van der Waals surface area contributed by atoms with Gasteiger partial charge in [-0.15, -0.1) is 0 Å². The molecule has 5 atom stereocenters. The second-order valence-electron chi connectivity index (χ2n) is 3.10. The number of aliphatic hydroxyl groups is 5. The third kappa shape index (κ3) is 1.63. The second-order valence-corrected chi connectivity index (χ2v) is 3.10. The van der Waals surface area contributed by atoms with Gasteiger partial charge in [0.15, 0.2) is 0 Å². The topological polar surface area (TPSA) is 120 Å². The van der Waals surface area contributed by atoms with Crippen LogP contribution in [0, 0.1) is 0 Å². The van der Waals surface area contributed by atoms with Crippen LogP contribution in [0.5, 0.6) is 0 Å². The number of rotatable bonds is 2. The van der Waals surface area contributed by atoms with Crippen molar-refractivity contribution >= 4 is 0 Å². The zero-order valence-corrected chi connectivity index (χ0v) is 7.57. The summed E-state index contributed by atoms with van der Waals surface area (Å²) in [7, 11) is 1.04. The lowest BCUT2D eigenvalue weighted by atomic mass is 9.96. The highest BCUT2D eigenvalue weighted by molar-refractivity contribution is 4.94. The van der Waals surface area contributed by atoms with E-state index in [-0.39, 0.29) is 0 Å². The Morgan fingerprint density at radius 2 is 1.93 bits per heavy atom. The average Bonchev–Trinajstić information content (AvgIpc) is 2.20. The summed E-state index contributed by atoms with van der Waals surface area (Å²) < 4.78 is 9.10. The van der Waals surface area contributed by atoms with Crippen LogP contribution >= 0.6 is 0 Å². The van der Waals surface area contributed by atoms with Gasteiger partial charge in [-0.25, -0.2) is 0 Å². The van der Waals surface area contributed by atoms with Crippen molar-refractivity contribution < 1.29 is 35.0 Å². The van der Waals surface area contributed by atoms with Crippen LogP contribution in [0.4, 0.5) is 0 Å². The van der Waals surface area contributed by atoms with Crippen LogP contribution in [0.2, 0.25) is 0 Å². The Labute approximate surface area is 80.1 Å². The van der Waals surface area contributed by atoms with E-state index in [2.05, 4.69) is 9.47 Å². The maximum atomic E-state index is 9.51. The van der Waals surface area contributed by atoms with E-state index >= 15 is 0 Å². The van der Waals surface area contributed by atoms with Crippen LogP contribution in [0.15, 0.2) is 0 Å². The predicted octanol–water partition coefficient (Wildman–Crippen LogP) is -3.25. The molecule has 1 heterocycles. The van der Waals surface area contributed by atoms with Gasteiger partial charge in [-0.05, 0) is 0 Å². The van der Waals surface area contributed by atoms with E-state index in [0.717, 1.165) is 7.11 Å². The van der Waals surface area contributed by atoms with Crippen molar-refractivity contribution in [2.45, 2.75) is 30.4 Å². The molecule has 7 heteroatoms. The lowest BCUT2D eigenvalue weighted by molar-refractivity contribution is -0.402. The number of aliphatic hydroxyl groups excluding tert-OH is 4. The number of hydrogen-bond donors (Lipinski definition) is 5. The van der Waals surface area contributed by atoms with Crippen molar-refractivity contribution in [1.82, 2.24) is 0 Å². The Hall–Kier alpha value is -0.280. The Morgan fingerprint density at radius 3 is 2.36 bits per heavy atom. The molecule has 0 aromatic heterocycles. The molecule has 0 aliphatic carbocycles. The molecule has 1 fully saturated rings. The molecule has 1 aliphatic heterocycles. The summed E-state index contributed by atoms with van der Waals surface area (Å²) in [4.78, 5) is 0. The highest BCUT2D eigenvalue weighted by Gasteiger charge is 2.54. The van der Waals surface area contributed by atoms with Gasteiger partial charge in [0.2, 0.25) is 12.1 Å². The molecule has 0 radical (unpaired) electrons. The number of methoxy groups -OCH3 is 1. The Balaban J connectivity index is 2.84. The molecule has 14 heavy (non-hydrogen) atoms. The van der Waals surface area contributed by atoms with Gasteiger partial charge >= 0.3 is 0 Å². The molecule has 1 aliphatic rings. The molecule has 0 bridgehead atoms. The fourth-order valence-electron chi connectivity index (χ4n) is 1.31. The molecule has 0 saturated carbocycles. The Bertz CT molecular complexity index is 198. The van der Waals surface area contributed by atoms with Crippen molar-refractivity contribution in [2.24, 2.45) is 0 Å². The number of hydrogen-bond acceptors (Lipinski definition) is 7. The van der Waals surface area contributed by atoms with E-state index < -0.39 is 37.0 Å². The normalized spacial score (nSPS) is 49.3. The fraction of sp³-hybridized carbons (Fsp3) is 1.00. The zero-order chi connectivity index (χ0) is 10.9. The first kappa shape index (κ1) is 11.8. The second kappa shape index (κ2) is 4.07. The standard InChI is InChI=1S/C7H14O7/c1-13-7(12)5(10)4(9)3(2-8)14-6(7)11/h3-6,8-12H,2H2,1H3/t3-,4-,5+,6+,7-/m1/s1. The van der Waals surface area contributed by atoms with Crippen LogP contribution < -0.4 is 0 Å². The van der Waals surface area contributed by atoms with E-state index in [4.69, 9.17) is 5.11 Å². The summed E-state index contributed by atoms with van der Waals surface area (Å²) in [6, 6.07) is 0. The van der Waals surface area contributed by atoms with Crippen LogP contribution in [-0.4, -0.2) is 69.6 Å². The molecule has 0 aromatic carbocycles. The third-order valence-corrected chi connectivity index (χ3v) is 2.29. The maximum absolute atomic E-state index is 9.51. The lowest BCUT2D eigenvalue weighted by Crippen LogP contribution is -2.67. The van der Waals surface area contributed by atoms with E-state index in [0.29, 0.717) is 0 Å². The van der Waals surface area contributed by atoms with Gasteiger partial charge < -0.3 is 35.0 Å². The Kier molecular flexibility index (Phi) is 3.43. The highest BCUT2D eigenvalue weighted by Crippen LogP contribution is 2.28. The molecule has 0 aromatic rings. The SMILES string of the molecule is CO[C@@]1(O)[C@@H](O)O[C@H](CO)[C@@H](O)[C@@H]1O. The number of ether oxygens (including phenoxy) is 2. The van der Waals surface area contributed by atoms with Crippen molar-refractivity contribution in [3.63, 3.8) is 0 Å². The van der Waals surface area contributed by atoms with Gasteiger partial charge in [0.25, 0.3) is 0 Å². The van der Waals surface area contributed by atoms with E-state index in [9.17, 15) is 20.4 Å². The van der Waals surface area contributed by atoms with Crippen molar-refractivity contribution in [2.75, 3.05) is 13.7 Å². The van der Waals surface area contributed by atoms with Crippen LogP contribution in [-0.2, 0) is 9.47 Å². The Morgan fingerprint density at radius 1 is 1.36 bits per heavy atom. The summed E-state index contributed by atoms with van der Waals surface area (Å²) in [5.74, 6) is -2.38. The van der Waals surface area contributed by atoms with Gasteiger partial charge in [-0.1, -0.05) is 0 Å². The highest BCUT2D eigenvalue weighted by atomic mass is 16.7. The summed E-state index contributed by atoms with van der Waals surface area (Å²) in [6.45, 7) is -0.588. The zero-order valence-electron chi connectivity index (χ0n) is 7.57. The van der Waals surface area contributed by atoms with Gasteiger partial charge in [-0.3, -0.25) is 0 Å². The van der Waals surface area contributed by atoms with Gasteiger partial charge in [0, 0.05) is 7.11 Å². The molecular weight excluding hydrogens is 196 g/mol. The van der Waals surface area contributed by atoms with Crippen molar-refractivity contribution in [3.05, 3.63) is 0 Å². The summed E-state index contributed by atoms with van der Waals surface area (Å²) in [5.41, 5.74) is 0. The van der Waals surface area contributed by atoms with E-state index in [1.165, 1.54) is 0 Å². The summed E-state index contributed by atoms with van der Waals surface area (Å²) in [5, 5.41) is 46.2. The smallest absolute Gasteiger partial charge is 0.247 e. The van der Waals surface area contributed by atoms with E-state index in [1.54, 1.807) is 0 Å². The van der Waals surface area contributed by atoms with E-state index in [1.807, 2.05) is 0 Å². The first-order valence-corrected chi connectivity index (χ1v) is 4.05. The van der Waals surface area contributed by atoms with Crippen LogP contribution in [0.3, 0.4) is 0 Å². The summed E-state index contributed by atoms with van der Waals surface area (Å²) in [6.07, 6.45) is -6.28. The molecule has 1 rings (SSSR count). The third-order valence-electron chi connectivity index (χ3n) is 2.29. The molecule has 0 unspecified atom stereocenters. The molecule has 5 N–H and O–H groups in total. The molecule has 0 spiro atoms. The molecule has 7 nitrogen and oxygen atoms in total. The predicted molar refractivity (Wildman–Crippen MR) is 41.9 cm³/mol. The first-order chi connectivity index (χ1) is 6.47. The minimum Gasteiger partial charge on any atom is -0.394 e. The molecule has 1 saturated heterocycles. The van der Waals surface area contributed by atoms with Crippen LogP contribution in [0.1, 0.15) is 0 Å². The van der Waals surface area contributed by atoms with Gasteiger partial charge in [0.05, 0.1) is 6.61 Å². The minimum atomic E-state index is -2.38. The quantitative estimate of drug-likeness (QED) is 0.304. The van der Waals surface area contributed by atoms with Crippen molar-refractivity contribution in [3.8, 4) is 0 Å². The fourth-order valence-corrected chi connectivity index (χ4v) is 1.31. The van der Waals surface area contributed by atoms with Crippen molar-refractivity contribution in [1.29, 1.82) is 0 Å². The first-order valence-electron chi connectivity index (χ1n) is 4.05. The maximum Gasteiger partial charge on any atom is 0.247 e. The minimum absolute atomic E-state index is 0.588. The molecule has 0 amide bonds. The lowest BCUT2D eigenvalue weighted by Gasteiger charge is -2.44. The molecule has 84 valence electrons.